The zero-order valence-corrected chi connectivity index (χ0v) is 12.3. The summed E-state index contributed by atoms with van der Waals surface area (Å²) in [5.41, 5.74) is 7.42. The van der Waals surface area contributed by atoms with E-state index in [1.54, 1.807) is 0 Å². The minimum Gasteiger partial charge on any atom is -0.399 e. The minimum atomic E-state index is -0.197. The van der Waals surface area contributed by atoms with E-state index >= 15 is 0 Å². The van der Waals surface area contributed by atoms with Gasteiger partial charge in [-0.1, -0.05) is 12.1 Å². The minimum absolute atomic E-state index is 0.125. The van der Waals surface area contributed by atoms with Gasteiger partial charge in [0.2, 0.25) is 11.8 Å². The van der Waals surface area contributed by atoms with E-state index in [1.165, 1.54) is 0 Å². The number of benzene rings is 1. The van der Waals surface area contributed by atoms with Crippen molar-refractivity contribution in [1.82, 2.24) is 9.80 Å². The van der Waals surface area contributed by atoms with E-state index in [2.05, 4.69) is 0 Å². The van der Waals surface area contributed by atoms with Gasteiger partial charge in [-0.05, 0) is 31.0 Å². The number of nitrogen functional groups attached to an aromatic ring is 1. The van der Waals surface area contributed by atoms with E-state index in [1.807, 2.05) is 41.0 Å². The van der Waals surface area contributed by atoms with E-state index in [0.717, 1.165) is 12.0 Å². The summed E-state index contributed by atoms with van der Waals surface area (Å²) < 4.78 is 0. The second-order valence-corrected chi connectivity index (χ2v) is 5.96. The Labute approximate surface area is 124 Å². The van der Waals surface area contributed by atoms with Crippen molar-refractivity contribution in [2.75, 3.05) is 25.4 Å². The van der Waals surface area contributed by atoms with Gasteiger partial charge in [-0.15, -0.1) is 0 Å². The number of nitrogens with zero attached hydrogens (tertiary/aromatic N) is 2. The fourth-order valence-corrected chi connectivity index (χ4v) is 3.31. The van der Waals surface area contributed by atoms with Gasteiger partial charge >= 0.3 is 0 Å². The van der Waals surface area contributed by atoms with Crippen LogP contribution in [0.2, 0.25) is 0 Å². The van der Waals surface area contributed by atoms with Gasteiger partial charge in [0.05, 0.1) is 5.92 Å². The number of carbonyl (C=O) groups excluding carboxylic acids is 2. The lowest BCUT2D eigenvalue weighted by atomic mass is 9.98. The summed E-state index contributed by atoms with van der Waals surface area (Å²) in [6.45, 7) is 3.88. The van der Waals surface area contributed by atoms with Crippen LogP contribution in [0.1, 0.15) is 31.2 Å². The van der Waals surface area contributed by atoms with Crippen LogP contribution in [0, 0.1) is 0 Å². The van der Waals surface area contributed by atoms with Gasteiger partial charge in [0.1, 0.15) is 0 Å². The molecule has 1 aromatic rings. The van der Waals surface area contributed by atoms with E-state index in [-0.39, 0.29) is 23.8 Å². The molecule has 5 nitrogen and oxygen atoms in total. The van der Waals surface area contributed by atoms with E-state index in [0.29, 0.717) is 31.7 Å². The molecule has 2 fully saturated rings. The van der Waals surface area contributed by atoms with Crippen molar-refractivity contribution in [2.24, 2.45) is 0 Å². The van der Waals surface area contributed by atoms with Crippen LogP contribution in [0.25, 0.3) is 0 Å². The standard InChI is InChI=1S/C16H21N3O2/c1-11(12-3-2-4-13(17)9-12)16(21)18-7-8-19-14(10-18)5-6-15(19)20/h2-4,9,11,14H,5-8,10,17H2,1H3. The lowest BCUT2D eigenvalue weighted by Gasteiger charge is -2.38. The quantitative estimate of drug-likeness (QED) is 0.831. The molecule has 2 saturated heterocycles. The highest BCUT2D eigenvalue weighted by Gasteiger charge is 2.37. The highest BCUT2D eigenvalue weighted by Crippen LogP contribution is 2.26. The Morgan fingerprint density at radius 2 is 2.19 bits per heavy atom. The molecule has 2 aliphatic rings. The fourth-order valence-electron chi connectivity index (χ4n) is 3.31. The number of nitrogens with two attached hydrogens (primary N) is 1. The van der Waals surface area contributed by atoms with Crippen LogP contribution in [-0.4, -0.2) is 47.3 Å². The lowest BCUT2D eigenvalue weighted by molar-refractivity contribution is -0.139. The largest absolute Gasteiger partial charge is 0.399 e. The van der Waals surface area contributed by atoms with Gasteiger partial charge in [0.25, 0.3) is 0 Å². The summed E-state index contributed by atoms with van der Waals surface area (Å²) in [5.74, 6) is 0.160. The first-order valence-electron chi connectivity index (χ1n) is 7.50. The Morgan fingerprint density at radius 1 is 1.38 bits per heavy atom. The second kappa shape index (κ2) is 5.39. The molecule has 2 aliphatic heterocycles. The highest BCUT2D eigenvalue weighted by molar-refractivity contribution is 5.84. The van der Waals surface area contributed by atoms with Gasteiger partial charge in [-0.2, -0.15) is 0 Å². The van der Waals surface area contributed by atoms with Crippen LogP contribution in [0.3, 0.4) is 0 Å². The maximum absolute atomic E-state index is 12.7. The van der Waals surface area contributed by atoms with Crippen molar-refractivity contribution < 1.29 is 9.59 Å². The Morgan fingerprint density at radius 3 is 2.95 bits per heavy atom. The van der Waals surface area contributed by atoms with Gasteiger partial charge < -0.3 is 15.5 Å². The number of rotatable bonds is 2. The molecule has 2 amide bonds. The molecule has 1 aromatic carbocycles. The molecule has 2 atom stereocenters. The molecule has 2 unspecified atom stereocenters. The molecule has 2 heterocycles. The average Bonchev–Trinajstić information content (AvgIpc) is 2.86. The molecule has 112 valence electrons. The lowest BCUT2D eigenvalue weighted by Crippen LogP contribution is -2.53. The number of anilines is 1. The number of carbonyl (C=O) groups is 2. The third-order valence-corrected chi connectivity index (χ3v) is 4.59. The van der Waals surface area contributed by atoms with Crippen molar-refractivity contribution >= 4 is 17.5 Å². The summed E-state index contributed by atoms with van der Waals surface area (Å²) in [7, 11) is 0. The monoisotopic (exact) mass is 287 g/mol. The third kappa shape index (κ3) is 2.60. The number of fused-ring (bicyclic) bond motifs is 1. The predicted molar refractivity (Wildman–Crippen MR) is 80.6 cm³/mol. The second-order valence-electron chi connectivity index (χ2n) is 5.96. The maximum Gasteiger partial charge on any atom is 0.229 e. The number of amides is 2. The SMILES string of the molecule is CC(C(=O)N1CCN2C(=O)CCC2C1)c1cccc(N)c1. The van der Waals surface area contributed by atoms with Gasteiger partial charge in [-0.3, -0.25) is 9.59 Å². The molecule has 0 aliphatic carbocycles. The zero-order chi connectivity index (χ0) is 15.0. The van der Waals surface area contributed by atoms with Crippen molar-refractivity contribution in [1.29, 1.82) is 0 Å². The van der Waals surface area contributed by atoms with Crippen molar-refractivity contribution in [3.8, 4) is 0 Å². The van der Waals surface area contributed by atoms with Crippen molar-refractivity contribution in [3.05, 3.63) is 29.8 Å². The number of piperazine rings is 1. The average molecular weight is 287 g/mol. The zero-order valence-electron chi connectivity index (χ0n) is 12.3. The molecule has 5 heteroatoms. The van der Waals surface area contributed by atoms with Crippen LogP contribution in [0.15, 0.2) is 24.3 Å². The summed E-state index contributed by atoms with van der Waals surface area (Å²) in [5, 5.41) is 0. The number of hydrogen-bond acceptors (Lipinski definition) is 3. The topological polar surface area (TPSA) is 66.6 Å². The Kier molecular flexibility index (Phi) is 3.57. The molecule has 0 bridgehead atoms. The van der Waals surface area contributed by atoms with E-state index < -0.39 is 0 Å². The summed E-state index contributed by atoms with van der Waals surface area (Å²) in [6.07, 6.45) is 1.49. The Bertz CT molecular complexity index is 572. The molecule has 0 radical (unpaired) electrons. The first-order chi connectivity index (χ1) is 10.1. The molecular formula is C16H21N3O2. The highest BCUT2D eigenvalue weighted by atomic mass is 16.2. The Balaban J connectivity index is 1.70. The summed E-state index contributed by atoms with van der Waals surface area (Å²) in [4.78, 5) is 28.2. The number of hydrogen-bond donors (Lipinski definition) is 1. The van der Waals surface area contributed by atoms with Crippen LogP contribution in [0.5, 0.6) is 0 Å². The first-order valence-corrected chi connectivity index (χ1v) is 7.50. The first kappa shape index (κ1) is 13.9. The van der Waals surface area contributed by atoms with E-state index in [4.69, 9.17) is 5.73 Å². The smallest absolute Gasteiger partial charge is 0.229 e. The van der Waals surface area contributed by atoms with Crippen LogP contribution >= 0.6 is 0 Å². The molecule has 21 heavy (non-hydrogen) atoms. The third-order valence-electron chi connectivity index (χ3n) is 4.59. The summed E-state index contributed by atoms with van der Waals surface area (Å²) >= 11 is 0. The predicted octanol–water partition coefficient (Wildman–Crippen LogP) is 1.21. The normalized spacial score (nSPS) is 23.1. The molecular weight excluding hydrogens is 266 g/mol. The molecule has 0 spiro atoms. The van der Waals surface area contributed by atoms with Gasteiger partial charge in [0.15, 0.2) is 0 Å². The van der Waals surface area contributed by atoms with Gasteiger partial charge in [0, 0.05) is 37.8 Å². The van der Waals surface area contributed by atoms with Gasteiger partial charge in [-0.25, -0.2) is 0 Å². The van der Waals surface area contributed by atoms with Crippen LogP contribution in [-0.2, 0) is 9.59 Å². The Hall–Kier alpha value is -2.04. The fraction of sp³-hybridized carbons (Fsp3) is 0.500. The maximum atomic E-state index is 12.7. The molecule has 0 aromatic heterocycles. The van der Waals surface area contributed by atoms with Crippen LogP contribution < -0.4 is 5.73 Å². The molecule has 2 N–H and O–H groups in total. The molecule has 0 saturated carbocycles. The van der Waals surface area contributed by atoms with Crippen molar-refractivity contribution in [3.63, 3.8) is 0 Å². The summed E-state index contributed by atoms with van der Waals surface area (Å²) in [6, 6.07) is 7.71. The van der Waals surface area contributed by atoms with Crippen molar-refractivity contribution in [2.45, 2.75) is 31.7 Å². The van der Waals surface area contributed by atoms with E-state index in [9.17, 15) is 9.59 Å². The molecule has 3 rings (SSSR count). The van der Waals surface area contributed by atoms with Crippen LogP contribution in [0.4, 0.5) is 5.69 Å².